The van der Waals surface area contributed by atoms with Crippen LogP contribution in [0, 0.1) is 0 Å². The second-order valence-electron chi connectivity index (χ2n) is 3.49. The number of thioether (sulfide) groups is 1. The Morgan fingerprint density at radius 1 is 1.29 bits per heavy atom. The Labute approximate surface area is 103 Å². The van der Waals surface area contributed by atoms with Crippen molar-refractivity contribution in [1.29, 1.82) is 0 Å². The SMILES string of the molecule is COC1Sc2nncn2N=C1c1ccccc1. The summed E-state index contributed by atoms with van der Waals surface area (Å²) in [6.45, 7) is 0. The van der Waals surface area contributed by atoms with Crippen LogP contribution in [-0.4, -0.2) is 33.1 Å². The Balaban J connectivity index is 2.08. The fourth-order valence-electron chi connectivity index (χ4n) is 1.64. The Bertz CT molecular complexity index is 552. The average molecular weight is 246 g/mol. The van der Waals surface area contributed by atoms with E-state index in [1.165, 1.54) is 11.8 Å². The summed E-state index contributed by atoms with van der Waals surface area (Å²) >= 11 is 1.50. The number of hydrogen-bond acceptors (Lipinski definition) is 5. The summed E-state index contributed by atoms with van der Waals surface area (Å²) in [6, 6.07) is 9.97. The minimum atomic E-state index is -0.144. The van der Waals surface area contributed by atoms with E-state index in [1.54, 1.807) is 18.1 Å². The fourth-order valence-corrected chi connectivity index (χ4v) is 2.52. The van der Waals surface area contributed by atoms with Gasteiger partial charge in [0, 0.05) is 12.7 Å². The van der Waals surface area contributed by atoms with Crippen molar-refractivity contribution in [2.45, 2.75) is 10.6 Å². The van der Waals surface area contributed by atoms with E-state index in [4.69, 9.17) is 4.74 Å². The highest BCUT2D eigenvalue weighted by atomic mass is 32.2. The number of nitrogens with zero attached hydrogens (tertiary/aromatic N) is 4. The second-order valence-corrected chi connectivity index (χ2v) is 4.52. The van der Waals surface area contributed by atoms with Gasteiger partial charge in [-0.2, -0.15) is 9.78 Å². The predicted octanol–water partition coefficient (Wildman–Crippen LogP) is 1.61. The van der Waals surface area contributed by atoms with Gasteiger partial charge in [0.2, 0.25) is 5.16 Å². The Morgan fingerprint density at radius 2 is 2.12 bits per heavy atom. The predicted molar refractivity (Wildman–Crippen MR) is 65.1 cm³/mol. The van der Waals surface area contributed by atoms with Crippen LogP contribution >= 0.6 is 11.8 Å². The van der Waals surface area contributed by atoms with Crippen LogP contribution < -0.4 is 0 Å². The summed E-state index contributed by atoms with van der Waals surface area (Å²) in [5.41, 5.74) is 1.78. The van der Waals surface area contributed by atoms with Crippen molar-refractivity contribution in [2.24, 2.45) is 5.10 Å². The van der Waals surface area contributed by atoms with Crippen molar-refractivity contribution in [2.75, 3.05) is 7.11 Å². The van der Waals surface area contributed by atoms with E-state index >= 15 is 0 Å². The molecule has 0 aliphatic carbocycles. The smallest absolute Gasteiger partial charge is 0.214 e. The second kappa shape index (κ2) is 4.31. The van der Waals surface area contributed by atoms with E-state index in [0.29, 0.717) is 0 Å². The first-order chi connectivity index (χ1) is 8.38. The molecule has 1 atom stereocenters. The standard InChI is InChI=1S/C11H10N4OS/c1-16-10-9(8-5-3-2-4-6-8)14-15-7-12-13-11(15)17-10/h2-7,10H,1H3. The molecular formula is C11H10N4OS. The molecule has 5 nitrogen and oxygen atoms in total. The van der Waals surface area contributed by atoms with Gasteiger partial charge in [0.25, 0.3) is 0 Å². The molecule has 1 aromatic carbocycles. The normalized spacial score (nSPS) is 18.6. The third kappa shape index (κ3) is 1.85. The zero-order chi connectivity index (χ0) is 11.7. The molecule has 1 aromatic heterocycles. The maximum absolute atomic E-state index is 5.44. The molecular weight excluding hydrogens is 236 g/mol. The summed E-state index contributed by atoms with van der Waals surface area (Å²) in [5, 5.41) is 13.0. The number of hydrogen-bond donors (Lipinski definition) is 0. The van der Waals surface area contributed by atoms with Crippen molar-refractivity contribution < 1.29 is 4.74 Å². The third-order valence-electron chi connectivity index (χ3n) is 2.44. The van der Waals surface area contributed by atoms with Crippen LogP contribution in [0.3, 0.4) is 0 Å². The van der Waals surface area contributed by atoms with Gasteiger partial charge in [-0.05, 0) is 11.8 Å². The van der Waals surface area contributed by atoms with E-state index in [-0.39, 0.29) is 5.44 Å². The Kier molecular flexibility index (Phi) is 2.66. The largest absolute Gasteiger partial charge is 0.364 e. The summed E-state index contributed by atoms with van der Waals surface area (Å²) in [6.07, 6.45) is 1.59. The van der Waals surface area contributed by atoms with Crippen LogP contribution in [0.5, 0.6) is 0 Å². The van der Waals surface area contributed by atoms with Gasteiger partial charge in [-0.1, -0.05) is 30.3 Å². The maximum Gasteiger partial charge on any atom is 0.214 e. The van der Waals surface area contributed by atoms with Crippen LogP contribution in [0.15, 0.2) is 46.9 Å². The van der Waals surface area contributed by atoms with Crippen LogP contribution in [0.2, 0.25) is 0 Å². The monoisotopic (exact) mass is 246 g/mol. The zero-order valence-corrected chi connectivity index (χ0v) is 9.96. The van der Waals surface area contributed by atoms with Crippen LogP contribution in [0.4, 0.5) is 0 Å². The lowest BCUT2D eigenvalue weighted by Gasteiger charge is -2.20. The lowest BCUT2D eigenvalue weighted by atomic mass is 10.1. The van der Waals surface area contributed by atoms with Gasteiger partial charge in [-0.15, -0.1) is 10.2 Å². The average Bonchev–Trinajstić information content (AvgIpc) is 2.85. The van der Waals surface area contributed by atoms with E-state index in [9.17, 15) is 0 Å². The molecule has 0 saturated carbocycles. The lowest BCUT2D eigenvalue weighted by Crippen LogP contribution is -2.25. The molecule has 86 valence electrons. The first-order valence-corrected chi connectivity index (χ1v) is 6.00. The number of rotatable bonds is 2. The third-order valence-corrected chi connectivity index (χ3v) is 3.54. The molecule has 6 heteroatoms. The van der Waals surface area contributed by atoms with Crippen molar-refractivity contribution in [3.8, 4) is 0 Å². The molecule has 2 heterocycles. The summed E-state index contributed by atoms with van der Waals surface area (Å²) < 4.78 is 7.10. The summed E-state index contributed by atoms with van der Waals surface area (Å²) in [5.74, 6) is 0. The van der Waals surface area contributed by atoms with Gasteiger partial charge in [0.05, 0.1) is 0 Å². The minimum Gasteiger partial charge on any atom is -0.364 e. The highest BCUT2D eigenvalue weighted by Crippen LogP contribution is 2.29. The van der Waals surface area contributed by atoms with Gasteiger partial charge < -0.3 is 4.74 Å². The van der Waals surface area contributed by atoms with Crippen LogP contribution in [-0.2, 0) is 4.74 Å². The number of fused-ring (bicyclic) bond motifs is 1. The number of aromatic nitrogens is 3. The first kappa shape index (κ1) is 10.5. The minimum absolute atomic E-state index is 0.144. The maximum atomic E-state index is 5.44. The zero-order valence-electron chi connectivity index (χ0n) is 9.15. The fraction of sp³-hybridized carbons (Fsp3) is 0.182. The molecule has 0 fully saturated rings. The van der Waals surface area contributed by atoms with Crippen molar-refractivity contribution >= 4 is 17.5 Å². The number of ether oxygens (including phenoxy) is 1. The summed E-state index contributed by atoms with van der Waals surface area (Å²) in [7, 11) is 1.67. The molecule has 1 unspecified atom stereocenters. The molecule has 0 radical (unpaired) electrons. The van der Waals surface area contributed by atoms with Gasteiger partial charge in [-0.25, -0.2) is 0 Å². The molecule has 1 aliphatic rings. The molecule has 17 heavy (non-hydrogen) atoms. The van der Waals surface area contributed by atoms with Gasteiger partial charge >= 0.3 is 0 Å². The lowest BCUT2D eigenvalue weighted by molar-refractivity contribution is 0.218. The van der Waals surface area contributed by atoms with E-state index in [1.807, 2.05) is 30.3 Å². The highest BCUT2D eigenvalue weighted by molar-refractivity contribution is 8.00. The molecule has 0 spiro atoms. The first-order valence-electron chi connectivity index (χ1n) is 5.12. The van der Waals surface area contributed by atoms with Crippen molar-refractivity contribution in [1.82, 2.24) is 14.9 Å². The molecule has 1 aliphatic heterocycles. The van der Waals surface area contributed by atoms with E-state index in [2.05, 4.69) is 15.3 Å². The summed E-state index contributed by atoms with van der Waals surface area (Å²) in [4.78, 5) is 0. The molecule has 3 rings (SSSR count). The Morgan fingerprint density at radius 3 is 2.88 bits per heavy atom. The molecule has 0 N–H and O–H groups in total. The molecule has 2 aromatic rings. The topological polar surface area (TPSA) is 52.3 Å². The van der Waals surface area contributed by atoms with Crippen LogP contribution in [0.25, 0.3) is 0 Å². The van der Waals surface area contributed by atoms with E-state index in [0.717, 1.165) is 16.4 Å². The van der Waals surface area contributed by atoms with Gasteiger partial charge in [0.1, 0.15) is 12.0 Å². The number of methoxy groups -OCH3 is 1. The van der Waals surface area contributed by atoms with Crippen LogP contribution in [0.1, 0.15) is 5.56 Å². The van der Waals surface area contributed by atoms with Gasteiger partial charge in [-0.3, -0.25) is 0 Å². The van der Waals surface area contributed by atoms with Crippen molar-refractivity contribution in [3.63, 3.8) is 0 Å². The number of benzene rings is 1. The quantitative estimate of drug-likeness (QED) is 0.807. The Hall–Kier alpha value is -1.66. The highest BCUT2D eigenvalue weighted by Gasteiger charge is 2.26. The van der Waals surface area contributed by atoms with Crippen molar-refractivity contribution in [3.05, 3.63) is 42.2 Å². The molecule has 0 amide bonds. The molecule has 0 saturated heterocycles. The molecule has 0 bridgehead atoms. The van der Waals surface area contributed by atoms with Gasteiger partial charge in [0.15, 0.2) is 5.44 Å². The van der Waals surface area contributed by atoms with E-state index < -0.39 is 0 Å².